The summed E-state index contributed by atoms with van der Waals surface area (Å²) < 4.78 is 95.0. The van der Waals surface area contributed by atoms with Gasteiger partial charge in [0.1, 0.15) is 5.60 Å². The van der Waals surface area contributed by atoms with Crippen molar-refractivity contribution in [3.05, 3.63) is 42.4 Å². The lowest BCUT2D eigenvalue weighted by Gasteiger charge is -2.40. The van der Waals surface area contributed by atoms with Crippen molar-refractivity contribution in [3.63, 3.8) is 0 Å². The van der Waals surface area contributed by atoms with E-state index >= 15 is 0 Å². The number of aromatic nitrogens is 2. The smallest absolute Gasteiger partial charge is 0.453 e. The fraction of sp³-hybridized carbons (Fsp3) is 0.577. The van der Waals surface area contributed by atoms with Crippen LogP contribution in [0.3, 0.4) is 0 Å². The van der Waals surface area contributed by atoms with Crippen molar-refractivity contribution in [2.75, 3.05) is 19.6 Å². The molecule has 0 spiro atoms. The molecule has 0 N–H and O–H groups in total. The van der Waals surface area contributed by atoms with E-state index in [0.717, 1.165) is 12.7 Å². The third-order valence-corrected chi connectivity index (χ3v) is 9.17. The Morgan fingerprint density at radius 1 is 1.00 bits per heavy atom. The second kappa shape index (κ2) is 11.1. The molecule has 2 heterocycles. The van der Waals surface area contributed by atoms with Gasteiger partial charge in [-0.15, -0.1) is 0 Å². The molecule has 7 nitrogen and oxygen atoms in total. The summed E-state index contributed by atoms with van der Waals surface area (Å²) >= 11 is 0. The molecule has 0 radical (unpaired) electrons. The number of likely N-dealkylation sites (tertiary alicyclic amines) is 1. The molecule has 1 fully saturated rings. The number of rotatable bonds is 8. The maximum atomic E-state index is 13.9. The van der Waals surface area contributed by atoms with Crippen LogP contribution in [-0.4, -0.2) is 71.3 Å². The summed E-state index contributed by atoms with van der Waals surface area (Å²) in [6.45, 7) is 8.55. The molecule has 0 aliphatic carbocycles. The quantitative estimate of drug-likeness (QED) is 0.313. The van der Waals surface area contributed by atoms with E-state index in [1.165, 1.54) is 30.5 Å². The first-order valence-electron chi connectivity index (χ1n) is 12.5. The first-order chi connectivity index (χ1) is 17.9. The SMILES string of the molecule is CCN1CCC(C(=O)OC(C)(C)C)(S(=O)(=O)c2ccc(-c3cnc(CCC(F)(F)C(F)(F)F)cn3)cc2)CC1. The molecule has 0 amide bonds. The largest absolute Gasteiger partial charge is 0.459 e. The number of hydrogen-bond acceptors (Lipinski definition) is 7. The van der Waals surface area contributed by atoms with Crippen molar-refractivity contribution < 1.29 is 39.9 Å². The molecule has 0 bridgehead atoms. The minimum atomic E-state index is -5.64. The minimum absolute atomic E-state index is 0.0420. The summed E-state index contributed by atoms with van der Waals surface area (Å²) in [6.07, 6.45) is -5.23. The summed E-state index contributed by atoms with van der Waals surface area (Å²) in [6, 6.07) is 5.64. The number of halogens is 5. The zero-order valence-electron chi connectivity index (χ0n) is 22.2. The van der Waals surface area contributed by atoms with Gasteiger partial charge in [-0.05, 0) is 58.7 Å². The lowest BCUT2D eigenvalue weighted by molar-refractivity contribution is -0.284. The van der Waals surface area contributed by atoms with Crippen molar-refractivity contribution in [2.45, 2.75) is 80.7 Å². The van der Waals surface area contributed by atoms with Crippen LogP contribution in [0, 0.1) is 0 Å². The molecule has 216 valence electrons. The number of esters is 1. The molecule has 1 aromatic carbocycles. The Morgan fingerprint density at radius 2 is 1.59 bits per heavy atom. The van der Waals surface area contributed by atoms with Gasteiger partial charge in [-0.1, -0.05) is 19.1 Å². The third kappa shape index (κ3) is 6.74. The van der Waals surface area contributed by atoms with Gasteiger partial charge >= 0.3 is 18.1 Å². The predicted octanol–water partition coefficient (Wildman–Crippen LogP) is 5.24. The molecular formula is C26H32F5N3O4S. The van der Waals surface area contributed by atoms with Crippen LogP contribution in [0.5, 0.6) is 0 Å². The molecule has 39 heavy (non-hydrogen) atoms. The lowest BCUT2D eigenvalue weighted by atomic mass is 9.95. The summed E-state index contributed by atoms with van der Waals surface area (Å²) in [5.74, 6) is -5.62. The predicted molar refractivity (Wildman–Crippen MR) is 134 cm³/mol. The standard InChI is InChI=1S/C26H32F5N3O4S/c1-5-34-14-12-24(13-15-34,22(35)38-23(2,3)4)39(36,37)20-8-6-18(7-9-20)21-17-32-19(16-33-21)10-11-25(27,28)26(29,30)31/h6-9,16-17H,5,10-15H2,1-4H3. The number of alkyl halides is 5. The van der Waals surface area contributed by atoms with E-state index in [4.69, 9.17) is 4.74 Å². The zero-order valence-corrected chi connectivity index (χ0v) is 23.0. The Labute approximate surface area is 224 Å². The number of hydrogen-bond donors (Lipinski definition) is 0. The molecule has 13 heteroatoms. The molecule has 3 rings (SSSR count). The maximum absolute atomic E-state index is 13.9. The Hall–Kier alpha value is -2.67. The zero-order chi connectivity index (χ0) is 29.3. The van der Waals surface area contributed by atoms with Gasteiger partial charge in [0.05, 0.1) is 22.5 Å². The van der Waals surface area contributed by atoms with E-state index in [-0.39, 0.29) is 29.1 Å². The highest BCUT2D eigenvalue weighted by Gasteiger charge is 2.57. The van der Waals surface area contributed by atoms with Crippen LogP contribution in [0.1, 0.15) is 52.7 Å². The maximum Gasteiger partial charge on any atom is 0.453 e. The van der Waals surface area contributed by atoms with Gasteiger partial charge in [0.15, 0.2) is 14.6 Å². The number of carbonyl (C=O) groups is 1. The van der Waals surface area contributed by atoms with E-state index in [2.05, 4.69) is 14.9 Å². The van der Waals surface area contributed by atoms with Crippen LogP contribution in [0.2, 0.25) is 0 Å². The van der Waals surface area contributed by atoms with Crippen molar-refractivity contribution >= 4 is 15.8 Å². The first kappa shape index (κ1) is 30.9. The first-order valence-corrected chi connectivity index (χ1v) is 14.0. The highest BCUT2D eigenvalue weighted by molar-refractivity contribution is 7.93. The minimum Gasteiger partial charge on any atom is -0.459 e. The lowest BCUT2D eigenvalue weighted by Crippen LogP contribution is -2.56. The van der Waals surface area contributed by atoms with Crippen molar-refractivity contribution in [3.8, 4) is 11.3 Å². The van der Waals surface area contributed by atoms with Crippen LogP contribution in [0.4, 0.5) is 22.0 Å². The molecule has 1 saturated heterocycles. The number of nitrogens with zero attached hydrogens (tertiary/aromatic N) is 3. The summed E-state index contributed by atoms with van der Waals surface area (Å²) in [5.41, 5.74) is -0.206. The fourth-order valence-electron chi connectivity index (χ4n) is 4.27. The molecular weight excluding hydrogens is 545 g/mol. The summed E-state index contributed by atoms with van der Waals surface area (Å²) in [4.78, 5) is 23.3. The number of ether oxygens (including phenoxy) is 1. The van der Waals surface area contributed by atoms with E-state index in [0.29, 0.717) is 18.7 Å². The Kier molecular flexibility index (Phi) is 8.76. The number of carbonyl (C=O) groups excluding carboxylic acids is 1. The van der Waals surface area contributed by atoms with Gasteiger partial charge in [0.2, 0.25) is 0 Å². The van der Waals surface area contributed by atoms with Crippen LogP contribution in [0.25, 0.3) is 11.3 Å². The van der Waals surface area contributed by atoms with Gasteiger partial charge in [-0.2, -0.15) is 22.0 Å². The molecule has 1 aliphatic heterocycles. The summed E-state index contributed by atoms with van der Waals surface area (Å²) in [7, 11) is -4.17. The number of benzene rings is 1. The second-order valence-corrected chi connectivity index (χ2v) is 12.8. The Morgan fingerprint density at radius 3 is 2.05 bits per heavy atom. The molecule has 0 atom stereocenters. The van der Waals surface area contributed by atoms with Crippen molar-refractivity contribution in [1.29, 1.82) is 0 Å². The molecule has 0 unspecified atom stereocenters. The van der Waals surface area contributed by atoms with Crippen LogP contribution in [-0.2, 0) is 25.8 Å². The van der Waals surface area contributed by atoms with Crippen molar-refractivity contribution in [1.82, 2.24) is 14.9 Å². The number of aryl methyl sites for hydroxylation is 1. The Balaban J connectivity index is 1.83. The van der Waals surface area contributed by atoms with Gasteiger partial charge in [-0.25, -0.2) is 8.42 Å². The molecule has 2 aromatic rings. The van der Waals surface area contributed by atoms with E-state index in [9.17, 15) is 35.2 Å². The fourth-order valence-corrected chi connectivity index (χ4v) is 6.20. The highest BCUT2D eigenvalue weighted by atomic mass is 32.2. The number of piperidine rings is 1. The highest BCUT2D eigenvalue weighted by Crippen LogP contribution is 2.39. The van der Waals surface area contributed by atoms with E-state index < -0.39 is 51.1 Å². The van der Waals surface area contributed by atoms with Crippen molar-refractivity contribution in [2.24, 2.45) is 0 Å². The van der Waals surface area contributed by atoms with Gasteiger partial charge < -0.3 is 9.64 Å². The summed E-state index contributed by atoms with van der Waals surface area (Å²) in [5, 5.41) is 0. The monoisotopic (exact) mass is 577 g/mol. The Bertz CT molecular complexity index is 1250. The topological polar surface area (TPSA) is 89.5 Å². The van der Waals surface area contributed by atoms with Crippen LogP contribution >= 0.6 is 0 Å². The van der Waals surface area contributed by atoms with E-state index in [1.807, 2.05) is 6.92 Å². The molecule has 1 aliphatic rings. The molecule has 1 aromatic heterocycles. The van der Waals surface area contributed by atoms with Crippen LogP contribution < -0.4 is 0 Å². The van der Waals surface area contributed by atoms with Crippen LogP contribution in [0.15, 0.2) is 41.6 Å². The molecule has 0 saturated carbocycles. The normalized spacial score (nSPS) is 17.2. The van der Waals surface area contributed by atoms with E-state index in [1.54, 1.807) is 20.8 Å². The van der Waals surface area contributed by atoms with Gasteiger partial charge in [0.25, 0.3) is 0 Å². The average molecular weight is 578 g/mol. The van der Waals surface area contributed by atoms with Gasteiger partial charge in [0, 0.05) is 31.3 Å². The third-order valence-electron chi connectivity index (χ3n) is 6.67. The average Bonchev–Trinajstić information content (AvgIpc) is 2.86. The van der Waals surface area contributed by atoms with Gasteiger partial charge in [-0.3, -0.25) is 14.8 Å². The second-order valence-electron chi connectivity index (χ2n) is 10.6. The number of sulfone groups is 1.